The van der Waals surface area contributed by atoms with Crippen LogP contribution in [0.25, 0.3) is 0 Å². The van der Waals surface area contributed by atoms with Gasteiger partial charge >= 0.3 is 18.3 Å². The van der Waals surface area contributed by atoms with Crippen LogP contribution in [-0.2, 0) is 73.3 Å². The van der Waals surface area contributed by atoms with E-state index in [9.17, 15) is 24.6 Å². The lowest BCUT2D eigenvalue weighted by molar-refractivity contribution is -0.214. The minimum absolute atomic E-state index is 0.0584. The van der Waals surface area contributed by atoms with Crippen molar-refractivity contribution in [3.8, 4) is 0 Å². The van der Waals surface area contributed by atoms with E-state index in [-0.39, 0.29) is 70.5 Å². The highest BCUT2D eigenvalue weighted by molar-refractivity contribution is 7.31. The largest absolute Gasteiger partial charge is 0.518 e. The van der Waals surface area contributed by atoms with Crippen molar-refractivity contribution in [2.45, 2.75) is 192 Å². The summed E-state index contributed by atoms with van der Waals surface area (Å²) in [7, 11) is 2.31. The molecule has 6 aliphatic rings. The van der Waals surface area contributed by atoms with E-state index >= 15 is 0 Å². The zero-order valence-corrected chi connectivity index (χ0v) is 53.1. The summed E-state index contributed by atoms with van der Waals surface area (Å²) in [4.78, 5) is 49.4. The lowest BCUT2D eigenvalue weighted by Crippen LogP contribution is -2.50. The fourth-order valence-electron chi connectivity index (χ4n) is 11.5. The van der Waals surface area contributed by atoms with Crippen molar-refractivity contribution in [2.24, 2.45) is 16.4 Å². The van der Waals surface area contributed by atoms with Gasteiger partial charge in [-0.1, -0.05) is 146 Å². The average Bonchev–Trinajstić information content (AvgIpc) is 4.38. The molecule has 87 heavy (non-hydrogen) atoms. The van der Waals surface area contributed by atoms with Crippen molar-refractivity contribution in [1.29, 1.82) is 0 Å². The van der Waals surface area contributed by atoms with Crippen LogP contribution in [0.2, 0.25) is 0 Å². The third-order valence-corrected chi connectivity index (χ3v) is 16.7. The number of amides is 2. The number of hydrogen-bond donors (Lipinski definition) is 4. The highest BCUT2D eigenvalue weighted by Gasteiger charge is 2.45. The Morgan fingerprint density at radius 1 is 0.598 bits per heavy atom. The molecule has 4 aromatic rings. The van der Waals surface area contributed by atoms with Crippen LogP contribution in [0.1, 0.15) is 118 Å². The molecule has 0 bridgehead atoms. The molecular weight excluding hydrogens is 1150 g/mol. The average molecular weight is 1240 g/mol. The van der Waals surface area contributed by atoms with Crippen molar-refractivity contribution in [1.82, 2.24) is 20.8 Å². The molecule has 4 N–H and O–H groups in total. The number of aryl methyl sites for hydroxylation is 2. The number of aliphatic hydroxyl groups excluding tert-OH is 2. The minimum atomic E-state index is -0.878. The zero-order valence-electron chi connectivity index (χ0n) is 51.0. The quantitative estimate of drug-likeness (QED) is 0.0234. The molecule has 6 fully saturated rings. The van der Waals surface area contributed by atoms with Gasteiger partial charge in [0.05, 0.1) is 87.9 Å². The van der Waals surface area contributed by atoms with Crippen LogP contribution in [0.4, 0.5) is 14.4 Å². The first kappa shape index (κ1) is 67.7. The minimum Gasteiger partial charge on any atom is -0.444 e. The number of rotatable bonds is 23. The number of fused-ring (bicyclic) bond motifs is 2. The number of alkyl carbamates (subject to hydrolysis) is 2. The van der Waals surface area contributed by atoms with Crippen LogP contribution in [0.15, 0.2) is 114 Å². The molecule has 0 aromatic heterocycles. The van der Waals surface area contributed by atoms with E-state index in [1.807, 2.05) is 91.6 Å². The van der Waals surface area contributed by atoms with Crippen LogP contribution in [-0.4, -0.2) is 145 Å². The van der Waals surface area contributed by atoms with Crippen molar-refractivity contribution >= 4 is 36.3 Å². The Kier molecular flexibility index (Phi) is 27.0. The number of benzene rings is 4. The van der Waals surface area contributed by atoms with E-state index in [0.717, 1.165) is 73.6 Å². The molecule has 11 unspecified atom stereocenters. The molecule has 20 nitrogen and oxygen atoms in total. The van der Waals surface area contributed by atoms with Crippen molar-refractivity contribution in [3.63, 3.8) is 0 Å². The number of hydroxylamine groups is 4. The van der Waals surface area contributed by atoms with Gasteiger partial charge in [-0.25, -0.2) is 18.9 Å². The van der Waals surface area contributed by atoms with Crippen molar-refractivity contribution in [3.05, 3.63) is 143 Å². The Labute approximate surface area is 517 Å². The van der Waals surface area contributed by atoms with Gasteiger partial charge in [0.2, 0.25) is 0 Å². The summed E-state index contributed by atoms with van der Waals surface area (Å²) in [5.74, 6) is 0.199. The van der Waals surface area contributed by atoms with E-state index in [1.54, 1.807) is 0 Å². The van der Waals surface area contributed by atoms with Gasteiger partial charge in [-0.05, 0) is 118 Å². The Balaban J connectivity index is 0.000000184. The summed E-state index contributed by atoms with van der Waals surface area (Å²) in [5.41, 5.74) is 6.08. The molecule has 2 saturated carbocycles. The van der Waals surface area contributed by atoms with Gasteiger partial charge in [0.15, 0.2) is 12.6 Å². The summed E-state index contributed by atoms with van der Waals surface area (Å²) in [5, 5.41) is 32.3. The summed E-state index contributed by atoms with van der Waals surface area (Å²) in [6, 6.07) is 35.3. The highest BCUT2D eigenvalue weighted by Crippen LogP contribution is 2.35. The Morgan fingerprint density at radius 2 is 1.02 bits per heavy atom. The van der Waals surface area contributed by atoms with Crippen LogP contribution in [0, 0.1) is 25.7 Å². The molecule has 10 rings (SSSR count). The van der Waals surface area contributed by atoms with Gasteiger partial charge in [0.25, 0.3) is 8.60 Å². The number of aliphatic hydroxyl groups is 2. The van der Waals surface area contributed by atoms with Crippen LogP contribution in [0.3, 0.4) is 0 Å². The van der Waals surface area contributed by atoms with E-state index in [4.69, 9.17) is 42.8 Å². The summed E-state index contributed by atoms with van der Waals surface area (Å²) in [6.07, 6.45) is 7.08. The first-order chi connectivity index (χ1) is 42.0. The van der Waals surface area contributed by atoms with Crippen LogP contribution < -0.4 is 10.6 Å². The zero-order chi connectivity index (χ0) is 61.5. The van der Waals surface area contributed by atoms with Gasteiger partial charge in [-0.3, -0.25) is 9.68 Å². The van der Waals surface area contributed by atoms with Crippen molar-refractivity contribution < 1.29 is 72.0 Å². The van der Waals surface area contributed by atoms with Crippen LogP contribution in [0.5, 0.6) is 0 Å². The first-order valence-electron chi connectivity index (χ1n) is 30.8. The van der Waals surface area contributed by atoms with Crippen molar-refractivity contribution in [2.75, 3.05) is 39.5 Å². The normalized spacial score (nSPS) is 23.2. The topological polar surface area (TPSA) is 227 Å². The SMILES string of the molecule is Cc1ccc(CN(CC(O)C(Cc2ccccc2)NC(=O)OC(C)(C)C)OC2CCCC2)cc1.Cc1ccc(CN(CC(O)C(Cc2ccccc2)NC(=O)OC2COC3OCCC23)OC2CCCC2)cc1.O=C(OP=NP)OC1COC2OCCC12. The second-order valence-corrected chi connectivity index (χ2v) is 25.6. The number of nitrogens with zero attached hydrogens (tertiary/aromatic N) is 3. The van der Waals surface area contributed by atoms with Crippen LogP contribution >= 0.6 is 18.0 Å². The maximum atomic E-state index is 13.0. The smallest absolute Gasteiger partial charge is 0.444 e. The molecule has 2 aliphatic carbocycles. The van der Waals surface area contributed by atoms with E-state index < -0.39 is 48.2 Å². The summed E-state index contributed by atoms with van der Waals surface area (Å²) >= 11 is 0. The molecule has 4 heterocycles. The van der Waals surface area contributed by atoms with Gasteiger partial charge in [0, 0.05) is 13.1 Å². The summed E-state index contributed by atoms with van der Waals surface area (Å²) in [6.45, 7) is 13.2. The predicted molar refractivity (Wildman–Crippen MR) is 331 cm³/mol. The molecule has 2 amide bonds. The maximum absolute atomic E-state index is 13.0. The Morgan fingerprint density at radius 3 is 1.45 bits per heavy atom. The molecule has 22 heteroatoms. The Bertz CT molecular complexity index is 2700. The number of hydrogen-bond acceptors (Lipinski definition) is 18. The monoisotopic (exact) mass is 1240 g/mol. The number of nitrogens with one attached hydrogen (secondary N) is 2. The highest BCUT2D eigenvalue weighted by atomic mass is 31.1. The van der Waals surface area contributed by atoms with E-state index in [2.05, 4.69) is 91.4 Å². The number of carbonyl (C=O) groups is 3. The second-order valence-electron chi connectivity index (χ2n) is 24.3. The maximum Gasteiger partial charge on any atom is 0.518 e. The Hall–Kier alpha value is -5.18. The lowest BCUT2D eigenvalue weighted by atomic mass is 10.0. The molecule has 4 aliphatic heterocycles. The van der Waals surface area contributed by atoms with Gasteiger partial charge in [-0.15, -0.1) is 0 Å². The second kappa shape index (κ2) is 34.7. The number of carbonyl (C=O) groups excluding carboxylic acids is 3. The number of ether oxygens (including phenoxy) is 7. The molecular formula is C65H91N5O15P2. The molecule has 11 atom stereocenters. The van der Waals surface area contributed by atoms with E-state index in [1.165, 1.54) is 24.0 Å². The standard InChI is InChI=1S/C30H40N2O6.C28H40N2O4.C7H11NO5P2/c1-21-11-13-23(14-12-21)18-32(38-24-9-5-6-10-24)19-27(33)26(17-22-7-3-2-4-8-22)31-30(34)37-28-20-36-29-25(28)15-16-35-29;1-21-14-16-23(17-15-21)19-30(34-24-12-8-9-13-24)20-26(31)25(18-22-10-6-5-7-11-22)29-27(32)33-28(2,3)4;9-7(13-15-8-14)12-5-3-11-6-4(5)1-2-10-6/h2-4,7-8,11-14,24-29,33H,5-6,9-10,15-20H2,1H3,(H,31,34);5-7,10-11,14-17,24-26,31H,8-9,12-13,18-20H2,1-4H3,(H,29,32);4-6H,1-3,14H2. The predicted octanol–water partition coefficient (Wildman–Crippen LogP) is 11.0. The van der Waals surface area contributed by atoms with E-state index in [0.29, 0.717) is 52.4 Å². The molecule has 0 spiro atoms. The fraction of sp³-hybridized carbons (Fsp3) is 0.585. The van der Waals surface area contributed by atoms with Gasteiger partial charge < -0.3 is 58.5 Å². The molecule has 0 radical (unpaired) electrons. The molecule has 476 valence electrons. The third kappa shape index (κ3) is 23.0. The molecule has 4 aromatic carbocycles. The molecule has 4 saturated heterocycles. The van der Waals surface area contributed by atoms with Gasteiger partial charge in [-0.2, -0.15) is 10.1 Å². The summed E-state index contributed by atoms with van der Waals surface area (Å²) < 4.78 is 46.2. The first-order valence-corrected chi connectivity index (χ1v) is 32.1. The fourth-order valence-corrected chi connectivity index (χ4v) is 11.8. The van der Waals surface area contributed by atoms with Gasteiger partial charge in [0.1, 0.15) is 17.8 Å². The lowest BCUT2D eigenvalue weighted by Gasteiger charge is -2.32. The third-order valence-electron chi connectivity index (χ3n) is 16.1.